The molecular formula is C8H3F3O3. The molecule has 6 heteroatoms. The number of Topliss-reactive ketones (excluding diaryl/α,β-unsaturated/α-hetero) is 1. The zero-order chi connectivity index (χ0) is 10.9. The SMILES string of the molecule is O=C(O)C(=O)c1ccc(F)c(F)c1F. The van der Waals surface area contributed by atoms with Gasteiger partial charge in [0.05, 0.1) is 5.56 Å². The summed E-state index contributed by atoms with van der Waals surface area (Å²) in [5, 5.41) is 8.19. The highest BCUT2D eigenvalue weighted by Crippen LogP contribution is 2.15. The van der Waals surface area contributed by atoms with Gasteiger partial charge in [-0.1, -0.05) is 0 Å². The van der Waals surface area contributed by atoms with E-state index in [-0.39, 0.29) is 0 Å². The molecule has 0 radical (unpaired) electrons. The summed E-state index contributed by atoms with van der Waals surface area (Å²) < 4.78 is 37.6. The van der Waals surface area contributed by atoms with Crippen molar-refractivity contribution in [1.82, 2.24) is 0 Å². The number of carbonyl (C=O) groups is 2. The molecule has 1 rings (SSSR count). The van der Waals surface area contributed by atoms with Crippen molar-refractivity contribution in [3.8, 4) is 0 Å². The lowest BCUT2D eigenvalue weighted by Gasteiger charge is -1.99. The topological polar surface area (TPSA) is 54.4 Å². The largest absolute Gasteiger partial charge is 0.475 e. The van der Waals surface area contributed by atoms with Crippen LogP contribution in [0.5, 0.6) is 0 Å². The number of carboxylic acid groups (broad SMARTS) is 1. The molecule has 14 heavy (non-hydrogen) atoms. The van der Waals surface area contributed by atoms with E-state index in [4.69, 9.17) is 5.11 Å². The van der Waals surface area contributed by atoms with E-state index in [1.807, 2.05) is 0 Å². The first kappa shape index (κ1) is 10.2. The van der Waals surface area contributed by atoms with E-state index in [0.29, 0.717) is 12.1 Å². The highest BCUT2D eigenvalue weighted by molar-refractivity contribution is 6.39. The van der Waals surface area contributed by atoms with Gasteiger partial charge in [0.1, 0.15) is 0 Å². The van der Waals surface area contributed by atoms with Crippen LogP contribution in [0, 0.1) is 17.5 Å². The van der Waals surface area contributed by atoms with Crippen LogP contribution < -0.4 is 0 Å². The van der Waals surface area contributed by atoms with Crippen molar-refractivity contribution in [3.63, 3.8) is 0 Å². The van der Waals surface area contributed by atoms with Crippen LogP contribution in [0.3, 0.4) is 0 Å². The highest BCUT2D eigenvalue weighted by atomic mass is 19.2. The molecule has 0 spiro atoms. The molecule has 3 nitrogen and oxygen atoms in total. The third-order valence-corrected chi connectivity index (χ3v) is 1.47. The van der Waals surface area contributed by atoms with E-state index >= 15 is 0 Å². The predicted molar refractivity (Wildman–Crippen MR) is 38.3 cm³/mol. The van der Waals surface area contributed by atoms with Crippen molar-refractivity contribution in [1.29, 1.82) is 0 Å². The van der Waals surface area contributed by atoms with Gasteiger partial charge in [0.25, 0.3) is 5.78 Å². The lowest BCUT2D eigenvalue weighted by molar-refractivity contribution is -0.131. The molecule has 0 heterocycles. The Labute approximate surface area is 75.8 Å². The minimum Gasteiger partial charge on any atom is -0.475 e. The number of benzene rings is 1. The van der Waals surface area contributed by atoms with E-state index in [0.717, 1.165) is 0 Å². The van der Waals surface area contributed by atoms with Gasteiger partial charge in [0.2, 0.25) is 0 Å². The number of hydrogen-bond acceptors (Lipinski definition) is 2. The normalized spacial score (nSPS) is 9.93. The molecule has 0 aliphatic rings. The summed E-state index contributed by atoms with van der Waals surface area (Å²) in [4.78, 5) is 20.8. The summed E-state index contributed by atoms with van der Waals surface area (Å²) in [6.07, 6.45) is 0. The second-order valence-electron chi connectivity index (χ2n) is 2.36. The molecule has 1 aromatic rings. The molecule has 0 bridgehead atoms. The maximum Gasteiger partial charge on any atom is 0.377 e. The van der Waals surface area contributed by atoms with Gasteiger partial charge >= 0.3 is 5.97 Å². The molecule has 1 aromatic carbocycles. The fourth-order valence-electron chi connectivity index (χ4n) is 0.816. The third-order valence-electron chi connectivity index (χ3n) is 1.47. The van der Waals surface area contributed by atoms with Crippen LogP contribution >= 0.6 is 0 Å². The number of hydrogen-bond donors (Lipinski definition) is 1. The molecule has 1 N–H and O–H groups in total. The Balaban J connectivity index is 3.31. The number of aliphatic carboxylic acids is 1. The van der Waals surface area contributed by atoms with Gasteiger partial charge < -0.3 is 5.11 Å². The van der Waals surface area contributed by atoms with E-state index < -0.39 is 34.8 Å². The van der Waals surface area contributed by atoms with Crippen LogP contribution in [-0.2, 0) is 4.79 Å². The van der Waals surface area contributed by atoms with E-state index in [1.54, 1.807) is 0 Å². The Hall–Kier alpha value is -1.85. The van der Waals surface area contributed by atoms with Gasteiger partial charge in [0.15, 0.2) is 17.5 Å². The molecule has 74 valence electrons. The monoisotopic (exact) mass is 204 g/mol. The zero-order valence-corrected chi connectivity index (χ0v) is 6.55. The Bertz CT molecular complexity index is 415. The second kappa shape index (κ2) is 3.49. The summed E-state index contributed by atoms with van der Waals surface area (Å²) >= 11 is 0. The molecule has 0 atom stereocenters. The Kier molecular flexibility index (Phi) is 2.55. The molecule has 0 fully saturated rings. The van der Waals surface area contributed by atoms with Crippen molar-refractivity contribution >= 4 is 11.8 Å². The van der Waals surface area contributed by atoms with Gasteiger partial charge in [-0.15, -0.1) is 0 Å². The molecule has 0 aliphatic carbocycles. The number of rotatable bonds is 2. The average molecular weight is 204 g/mol. The molecule has 0 aromatic heterocycles. The van der Waals surface area contributed by atoms with Gasteiger partial charge in [-0.3, -0.25) is 4.79 Å². The number of halogens is 3. The lowest BCUT2D eigenvalue weighted by atomic mass is 10.1. The number of carboxylic acids is 1. The van der Waals surface area contributed by atoms with Crippen molar-refractivity contribution in [3.05, 3.63) is 35.1 Å². The van der Waals surface area contributed by atoms with E-state index in [2.05, 4.69) is 0 Å². The summed E-state index contributed by atoms with van der Waals surface area (Å²) in [5.74, 6) is -8.70. The average Bonchev–Trinajstić information content (AvgIpc) is 2.13. The van der Waals surface area contributed by atoms with Gasteiger partial charge in [-0.25, -0.2) is 18.0 Å². The van der Waals surface area contributed by atoms with Crippen LogP contribution in [-0.4, -0.2) is 16.9 Å². The Morgan fingerprint density at radius 1 is 1.07 bits per heavy atom. The standard InChI is InChI=1S/C8H3F3O3/c9-4-2-1-3(5(10)6(4)11)7(12)8(13)14/h1-2H,(H,13,14). The van der Waals surface area contributed by atoms with Crippen LogP contribution in [0.15, 0.2) is 12.1 Å². The van der Waals surface area contributed by atoms with Crippen molar-refractivity contribution in [2.75, 3.05) is 0 Å². The molecule has 0 aliphatic heterocycles. The van der Waals surface area contributed by atoms with Gasteiger partial charge in [-0.05, 0) is 12.1 Å². The van der Waals surface area contributed by atoms with Crippen LogP contribution in [0.2, 0.25) is 0 Å². The smallest absolute Gasteiger partial charge is 0.377 e. The fraction of sp³-hybridized carbons (Fsp3) is 0. The van der Waals surface area contributed by atoms with E-state index in [9.17, 15) is 22.8 Å². The predicted octanol–water partition coefficient (Wildman–Crippen LogP) is 1.37. The number of ketones is 1. The quantitative estimate of drug-likeness (QED) is 0.449. The molecule has 0 saturated heterocycles. The molecule has 0 amide bonds. The Morgan fingerprint density at radius 2 is 1.64 bits per heavy atom. The molecule has 0 saturated carbocycles. The lowest BCUT2D eigenvalue weighted by Crippen LogP contribution is -2.15. The maximum absolute atomic E-state index is 12.8. The third kappa shape index (κ3) is 1.59. The van der Waals surface area contributed by atoms with Crippen LogP contribution in [0.4, 0.5) is 13.2 Å². The van der Waals surface area contributed by atoms with Gasteiger partial charge in [0, 0.05) is 0 Å². The first-order chi connectivity index (χ1) is 6.45. The summed E-state index contributed by atoms with van der Waals surface area (Å²) in [6, 6.07) is 1.05. The summed E-state index contributed by atoms with van der Waals surface area (Å²) in [7, 11) is 0. The van der Waals surface area contributed by atoms with Crippen molar-refractivity contribution < 1.29 is 27.9 Å². The molecular weight excluding hydrogens is 201 g/mol. The first-order valence-corrected chi connectivity index (χ1v) is 3.36. The maximum atomic E-state index is 12.8. The van der Waals surface area contributed by atoms with Crippen molar-refractivity contribution in [2.45, 2.75) is 0 Å². The first-order valence-electron chi connectivity index (χ1n) is 3.36. The second-order valence-corrected chi connectivity index (χ2v) is 2.36. The molecule has 0 unspecified atom stereocenters. The summed E-state index contributed by atoms with van der Waals surface area (Å²) in [5.41, 5.74) is -1.00. The van der Waals surface area contributed by atoms with Crippen LogP contribution in [0.1, 0.15) is 10.4 Å². The fourth-order valence-corrected chi connectivity index (χ4v) is 0.816. The zero-order valence-electron chi connectivity index (χ0n) is 6.55. The van der Waals surface area contributed by atoms with Gasteiger partial charge in [-0.2, -0.15) is 0 Å². The van der Waals surface area contributed by atoms with E-state index in [1.165, 1.54) is 0 Å². The number of carbonyl (C=O) groups excluding carboxylic acids is 1. The highest BCUT2D eigenvalue weighted by Gasteiger charge is 2.23. The summed E-state index contributed by atoms with van der Waals surface area (Å²) in [6.45, 7) is 0. The van der Waals surface area contributed by atoms with Crippen molar-refractivity contribution in [2.24, 2.45) is 0 Å². The minimum absolute atomic E-state index is 0.481. The minimum atomic E-state index is -1.94. The Morgan fingerprint density at radius 3 is 2.14 bits per heavy atom. The van der Waals surface area contributed by atoms with Crippen LogP contribution in [0.25, 0.3) is 0 Å².